The van der Waals surface area contributed by atoms with Crippen molar-refractivity contribution in [1.82, 2.24) is 10.2 Å². The normalized spacial score (nSPS) is 22.4. The van der Waals surface area contributed by atoms with Gasteiger partial charge in [-0.3, -0.25) is 4.90 Å². The van der Waals surface area contributed by atoms with Crippen LogP contribution in [0.4, 0.5) is 4.39 Å². The number of piperazine rings is 1. The van der Waals surface area contributed by atoms with Crippen molar-refractivity contribution < 1.29 is 4.39 Å². The minimum absolute atomic E-state index is 0.0155. The molecule has 0 unspecified atom stereocenters. The Morgan fingerprint density at radius 1 is 1.32 bits per heavy atom. The molecule has 1 aromatic carbocycles. The Balaban J connectivity index is 2.20. The number of hydrogen-bond acceptors (Lipinski definition) is 2. The van der Waals surface area contributed by atoms with Gasteiger partial charge in [0, 0.05) is 41.3 Å². The predicted molar refractivity (Wildman–Crippen MR) is 78.0 cm³/mol. The van der Waals surface area contributed by atoms with Crippen molar-refractivity contribution in [3.05, 3.63) is 34.6 Å². The van der Waals surface area contributed by atoms with Gasteiger partial charge in [0.2, 0.25) is 0 Å². The molecule has 0 bridgehead atoms. The molecule has 1 aromatic rings. The quantitative estimate of drug-likeness (QED) is 0.895. The first-order chi connectivity index (χ1) is 8.70. The minimum atomic E-state index is -0.223. The second-order valence-electron chi connectivity index (χ2n) is 6.64. The van der Waals surface area contributed by atoms with Gasteiger partial charge >= 0.3 is 0 Å². The van der Waals surface area contributed by atoms with Crippen LogP contribution in [0.25, 0.3) is 0 Å². The minimum Gasteiger partial charge on any atom is -0.309 e. The smallest absolute Gasteiger partial charge is 0.129 e. The van der Waals surface area contributed by atoms with Crippen molar-refractivity contribution in [1.29, 1.82) is 0 Å². The average molecular weight is 285 g/mol. The van der Waals surface area contributed by atoms with Crippen LogP contribution in [0.2, 0.25) is 5.02 Å². The lowest BCUT2D eigenvalue weighted by Crippen LogP contribution is -2.65. The molecule has 0 radical (unpaired) electrons. The van der Waals surface area contributed by atoms with E-state index in [1.807, 2.05) is 0 Å². The molecule has 1 N–H and O–H groups in total. The maximum atomic E-state index is 13.9. The van der Waals surface area contributed by atoms with Gasteiger partial charge in [-0.15, -0.1) is 0 Å². The van der Waals surface area contributed by atoms with Gasteiger partial charge in [0.1, 0.15) is 5.82 Å². The Bertz CT molecular complexity index is 471. The topological polar surface area (TPSA) is 15.3 Å². The van der Waals surface area contributed by atoms with Crippen LogP contribution < -0.4 is 5.32 Å². The molecule has 19 heavy (non-hydrogen) atoms. The van der Waals surface area contributed by atoms with Crippen molar-refractivity contribution in [2.45, 2.75) is 45.3 Å². The molecule has 0 atom stereocenters. The lowest BCUT2D eigenvalue weighted by atomic mass is 9.91. The van der Waals surface area contributed by atoms with E-state index in [1.165, 1.54) is 6.07 Å². The highest BCUT2D eigenvalue weighted by atomic mass is 35.5. The summed E-state index contributed by atoms with van der Waals surface area (Å²) in [5.41, 5.74) is 0.773. The van der Waals surface area contributed by atoms with Gasteiger partial charge < -0.3 is 5.32 Å². The van der Waals surface area contributed by atoms with E-state index in [2.05, 4.69) is 37.9 Å². The van der Waals surface area contributed by atoms with Gasteiger partial charge in [-0.1, -0.05) is 17.7 Å². The van der Waals surface area contributed by atoms with Gasteiger partial charge in [-0.05, 0) is 39.8 Å². The Morgan fingerprint density at radius 2 is 2.00 bits per heavy atom. The third kappa shape index (κ3) is 3.47. The SMILES string of the molecule is CC1(C)CN(Cc2ccc(Cl)cc2F)C(C)(C)CN1. The van der Waals surface area contributed by atoms with Crippen LogP contribution in [-0.4, -0.2) is 29.1 Å². The maximum Gasteiger partial charge on any atom is 0.129 e. The van der Waals surface area contributed by atoms with Crippen molar-refractivity contribution in [2.24, 2.45) is 0 Å². The largest absolute Gasteiger partial charge is 0.309 e. The van der Waals surface area contributed by atoms with E-state index in [-0.39, 0.29) is 16.9 Å². The molecular weight excluding hydrogens is 263 g/mol. The van der Waals surface area contributed by atoms with E-state index in [9.17, 15) is 4.39 Å². The van der Waals surface area contributed by atoms with Gasteiger partial charge in [-0.25, -0.2) is 4.39 Å². The molecule has 0 saturated carbocycles. The Labute approximate surface area is 119 Å². The summed E-state index contributed by atoms with van der Waals surface area (Å²) in [5, 5.41) is 3.98. The molecule has 1 aliphatic heterocycles. The summed E-state index contributed by atoms with van der Waals surface area (Å²) in [5.74, 6) is -0.223. The Kier molecular flexibility index (Phi) is 3.92. The number of nitrogens with zero attached hydrogens (tertiary/aromatic N) is 1. The summed E-state index contributed by atoms with van der Waals surface area (Å²) in [7, 11) is 0. The lowest BCUT2D eigenvalue weighted by molar-refractivity contribution is 0.0315. The summed E-state index contributed by atoms with van der Waals surface area (Å²) in [6.45, 7) is 11.1. The first-order valence-corrected chi connectivity index (χ1v) is 7.01. The van der Waals surface area contributed by atoms with Gasteiger partial charge in [-0.2, -0.15) is 0 Å². The zero-order valence-electron chi connectivity index (χ0n) is 12.1. The highest BCUT2D eigenvalue weighted by Crippen LogP contribution is 2.26. The van der Waals surface area contributed by atoms with Crippen molar-refractivity contribution in [3.63, 3.8) is 0 Å². The molecule has 0 spiro atoms. The van der Waals surface area contributed by atoms with E-state index in [0.717, 1.165) is 13.1 Å². The molecule has 1 aliphatic rings. The molecule has 4 heteroatoms. The van der Waals surface area contributed by atoms with Gasteiger partial charge in [0.25, 0.3) is 0 Å². The molecule has 2 rings (SSSR count). The fourth-order valence-corrected chi connectivity index (χ4v) is 2.60. The van der Waals surface area contributed by atoms with Gasteiger partial charge in [0.05, 0.1) is 0 Å². The number of rotatable bonds is 2. The number of halogens is 2. The lowest BCUT2D eigenvalue weighted by Gasteiger charge is -2.49. The van der Waals surface area contributed by atoms with E-state index in [0.29, 0.717) is 17.1 Å². The monoisotopic (exact) mass is 284 g/mol. The molecule has 0 aromatic heterocycles. The number of benzene rings is 1. The predicted octanol–water partition coefficient (Wildman–Crippen LogP) is 3.44. The second kappa shape index (κ2) is 5.04. The van der Waals surface area contributed by atoms with Crippen molar-refractivity contribution >= 4 is 11.6 Å². The highest BCUT2D eigenvalue weighted by molar-refractivity contribution is 6.30. The Morgan fingerprint density at radius 3 is 2.63 bits per heavy atom. The summed E-state index contributed by atoms with van der Waals surface area (Å²) < 4.78 is 13.9. The molecule has 1 fully saturated rings. The maximum absolute atomic E-state index is 13.9. The first-order valence-electron chi connectivity index (χ1n) is 6.64. The summed E-state index contributed by atoms with van der Waals surface area (Å²) in [6, 6.07) is 4.92. The molecule has 1 saturated heterocycles. The summed E-state index contributed by atoms with van der Waals surface area (Å²) in [6.07, 6.45) is 0. The summed E-state index contributed by atoms with van der Waals surface area (Å²) in [4.78, 5) is 2.33. The third-order valence-corrected chi connectivity index (χ3v) is 4.05. The van der Waals surface area contributed by atoms with Crippen molar-refractivity contribution in [2.75, 3.05) is 13.1 Å². The van der Waals surface area contributed by atoms with Crippen LogP contribution in [0.15, 0.2) is 18.2 Å². The summed E-state index contributed by atoms with van der Waals surface area (Å²) >= 11 is 5.80. The zero-order chi connectivity index (χ0) is 14.3. The first kappa shape index (κ1) is 14.8. The Hall–Kier alpha value is -0.640. The average Bonchev–Trinajstić information content (AvgIpc) is 2.28. The van der Waals surface area contributed by atoms with Crippen LogP contribution in [0.3, 0.4) is 0 Å². The fraction of sp³-hybridized carbons (Fsp3) is 0.600. The molecule has 2 nitrogen and oxygen atoms in total. The molecular formula is C15H22ClFN2. The zero-order valence-corrected chi connectivity index (χ0v) is 12.8. The van der Waals surface area contributed by atoms with Gasteiger partial charge in [0.15, 0.2) is 0 Å². The number of nitrogens with one attached hydrogen (secondary N) is 1. The molecule has 106 valence electrons. The van der Waals surface area contributed by atoms with Crippen LogP contribution >= 0.6 is 11.6 Å². The van der Waals surface area contributed by atoms with E-state index in [4.69, 9.17) is 11.6 Å². The fourth-order valence-electron chi connectivity index (χ4n) is 2.44. The molecule has 0 amide bonds. The highest BCUT2D eigenvalue weighted by Gasteiger charge is 2.37. The second-order valence-corrected chi connectivity index (χ2v) is 7.08. The molecule has 0 aliphatic carbocycles. The van der Waals surface area contributed by atoms with Crippen LogP contribution in [-0.2, 0) is 6.54 Å². The van der Waals surface area contributed by atoms with E-state index >= 15 is 0 Å². The van der Waals surface area contributed by atoms with Crippen LogP contribution in [0, 0.1) is 5.82 Å². The standard InChI is InChI=1S/C15H22ClFN2/c1-14(2)10-19(15(3,4)9-18-14)8-11-5-6-12(16)7-13(11)17/h5-7,18H,8-10H2,1-4H3. The number of hydrogen-bond donors (Lipinski definition) is 1. The molecule has 1 heterocycles. The third-order valence-electron chi connectivity index (χ3n) is 3.82. The van der Waals surface area contributed by atoms with E-state index < -0.39 is 0 Å². The van der Waals surface area contributed by atoms with E-state index in [1.54, 1.807) is 12.1 Å². The van der Waals surface area contributed by atoms with Crippen molar-refractivity contribution in [3.8, 4) is 0 Å². The van der Waals surface area contributed by atoms with Crippen LogP contribution in [0.1, 0.15) is 33.3 Å². The van der Waals surface area contributed by atoms with Crippen LogP contribution in [0.5, 0.6) is 0 Å².